The summed E-state index contributed by atoms with van der Waals surface area (Å²) in [5.74, 6) is 0.0543. The van der Waals surface area contributed by atoms with Crippen LogP contribution in [0.2, 0.25) is 0 Å². The molecule has 0 saturated heterocycles. The maximum Gasteiger partial charge on any atom is 0.220 e. The maximum absolute atomic E-state index is 11.9. The molecule has 19 heavy (non-hydrogen) atoms. The quantitative estimate of drug-likeness (QED) is 0.866. The summed E-state index contributed by atoms with van der Waals surface area (Å²) >= 11 is 0. The molecule has 0 saturated carbocycles. The molecule has 1 aromatic rings. The summed E-state index contributed by atoms with van der Waals surface area (Å²) in [6, 6.07) is 7.59. The molecule has 0 aliphatic heterocycles. The van der Waals surface area contributed by atoms with Gasteiger partial charge >= 0.3 is 0 Å². The second-order valence-electron chi connectivity index (χ2n) is 4.91. The molecule has 0 heterocycles. The first-order chi connectivity index (χ1) is 8.84. The maximum atomic E-state index is 11.9. The molecule has 1 amide bonds. The number of carbonyl (C=O) groups is 1. The molecule has 1 rings (SSSR count). The van der Waals surface area contributed by atoms with E-state index < -0.39 is 9.84 Å². The molecule has 5 heteroatoms. The van der Waals surface area contributed by atoms with Gasteiger partial charge in [0.05, 0.1) is 11.5 Å². The summed E-state index contributed by atoms with van der Waals surface area (Å²) in [7, 11) is -1.73. The third-order valence-corrected chi connectivity index (χ3v) is 4.55. The molecule has 0 radical (unpaired) electrons. The van der Waals surface area contributed by atoms with Crippen molar-refractivity contribution in [1.29, 1.82) is 0 Å². The topological polar surface area (TPSA) is 63.2 Å². The lowest BCUT2D eigenvalue weighted by atomic mass is 10.0. The first kappa shape index (κ1) is 15.7. The van der Waals surface area contributed by atoms with Crippen molar-refractivity contribution >= 4 is 15.7 Å². The van der Waals surface area contributed by atoms with E-state index in [0.717, 1.165) is 5.56 Å². The molecule has 106 valence electrons. The van der Waals surface area contributed by atoms with Crippen LogP contribution < -0.4 is 5.32 Å². The minimum atomic E-state index is -3.23. The van der Waals surface area contributed by atoms with Crippen molar-refractivity contribution in [3.63, 3.8) is 0 Å². The Balaban J connectivity index is 2.65. The zero-order valence-corrected chi connectivity index (χ0v) is 12.5. The Morgan fingerprint density at radius 2 is 1.79 bits per heavy atom. The molecule has 0 fully saturated rings. The molecule has 0 aromatic heterocycles. The molecule has 0 unspecified atom stereocenters. The molecule has 0 aliphatic rings. The van der Waals surface area contributed by atoms with Crippen LogP contribution in [-0.2, 0) is 20.4 Å². The van der Waals surface area contributed by atoms with E-state index in [9.17, 15) is 13.2 Å². The van der Waals surface area contributed by atoms with Gasteiger partial charge in [0.2, 0.25) is 5.91 Å². The first-order valence-corrected chi connectivity index (χ1v) is 8.16. The van der Waals surface area contributed by atoms with Crippen LogP contribution in [0, 0.1) is 0 Å². The lowest BCUT2D eigenvalue weighted by Crippen LogP contribution is -2.22. The second-order valence-corrected chi connectivity index (χ2v) is 7.10. The summed E-state index contributed by atoms with van der Waals surface area (Å²) in [6.07, 6.45) is 0.0168. The largest absolute Gasteiger partial charge is 0.359 e. The van der Waals surface area contributed by atoms with Gasteiger partial charge in [-0.25, -0.2) is 8.42 Å². The number of hydrogen-bond acceptors (Lipinski definition) is 3. The van der Waals surface area contributed by atoms with Gasteiger partial charge in [0.1, 0.15) is 0 Å². The third kappa shape index (κ3) is 5.42. The summed E-state index contributed by atoms with van der Waals surface area (Å²) in [5.41, 5.74) is 1.95. The van der Waals surface area contributed by atoms with Gasteiger partial charge in [0.15, 0.2) is 9.84 Å². The molecule has 1 N–H and O–H groups in total. The highest BCUT2D eigenvalue weighted by atomic mass is 32.2. The van der Waals surface area contributed by atoms with E-state index >= 15 is 0 Å². The number of nitrogens with one attached hydrogen (secondary N) is 1. The number of sulfone groups is 1. The van der Waals surface area contributed by atoms with Crippen molar-refractivity contribution in [2.24, 2.45) is 0 Å². The Labute approximate surface area is 115 Å². The third-order valence-electron chi connectivity index (χ3n) is 2.95. The zero-order valence-electron chi connectivity index (χ0n) is 11.6. The van der Waals surface area contributed by atoms with Gasteiger partial charge in [-0.2, -0.15) is 0 Å². The van der Waals surface area contributed by atoms with E-state index in [0.29, 0.717) is 5.92 Å². The van der Waals surface area contributed by atoms with Gasteiger partial charge in [-0.3, -0.25) is 4.79 Å². The minimum absolute atomic E-state index is 0.0115. The van der Waals surface area contributed by atoms with E-state index in [1.165, 1.54) is 12.6 Å². The van der Waals surface area contributed by atoms with Crippen molar-refractivity contribution in [2.45, 2.75) is 31.9 Å². The van der Waals surface area contributed by atoms with E-state index in [2.05, 4.69) is 19.2 Å². The van der Waals surface area contributed by atoms with E-state index in [4.69, 9.17) is 0 Å². The fourth-order valence-electron chi connectivity index (χ4n) is 1.70. The first-order valence-electron chi connectivity index (χ1n) is 6.34. The molecule has 4 nitrogen and oxygen atoms in total. The van der Waals surface area contributed by atoms with Crippen molar-refractivity contribution in [3.8, 4) is 0 Å². The fourth-order valence-corrected chi connectivity index (χ4v) is 3.04. The molecule has 0 atom stereocenters. The predicted molar refractivity (Wildman–Crippen MR) is 76.7 cm³/mol. The SMILES string of the molecule is CNC(=O)CCS(=O)(=O)Cc1ccc(C(C)C)cc1. The van der Waals surface area contributed by atoms with Gasteiger partial charge in [0, 0.05) is 13.5 Å². The van der Waals surface area contributed by atoms with Crippen LogP contribution in [0.15, 0.2) is 24.3 Å². The number of benzene rings is 1. The summed E-state index contributed by atoms with van der Waals surface area (Å²) in [5, 5.41) is 2.42. The molecular formula is C14H21NO3S. The smallest absolute Gasteiger partial charge is 0.220 e. The molecule has 0 aliphatic carbocycles. The Bertz CT molecular complexity index is 518. The predicted octanol–water partition coefficient (Wildman–Crippen LogP) is 1.86. The Morgan fingerprint density at radius 1 is 1.21 bits per heavy atom. The average Bonchev–Trinajstić information content (AvgIpc) is 2.36. The number of rotatable bonds is 6. The zero-order chi connectivity index (χ0) is 14.5. The van der Waals surface area contributed by atoms with Crippen LogP contribution in [0.25, 0.3) is 0 Å². The Kier molecular flexibility index (Phi) is 5.54. The van der Waals surface area contributed by atoms with Crippen LogP contribution in [0.3, 0.4) is 0 Å². The number of carbonyl (C=O) groups excluding carboxylic acids is 1. The minimum Gasteiger partial charge on any atom is -0.359 e. The van der Waals surface area contributed by atoms with Gasteiger partial charge in [-0.05, 0) is 17.0 Å². The highest BCUT2D eigenvalue weighted by Crippen LogP contribution is 2.16. The normalized spacial score (nSPS) is 11.6. The van der Waals surface area contributed by atoms with Crippen LogP contribution in [-0.4, -0.2) is 27.1 Å². The van der Waals surface area contributed by atoms with Gasteiger partial charge in [-0.1, -0.05) is 38.1 Å². The van der Waals surface area contributed by atoms with Crippen molar-refractivity contribution in [2.75, 3.05) is 12.8 Å². The molecule has 0 bridgehead atoms. The van der Waals surface area contributed by atoms with E-state index in [-0.39, 0.29) is 23.8 Å². The fraction of sp³-hybridized carbons (Fsp3) is 0.500. The average molecular weight is 283 g/mol. The van der Waals surface area contributed by atoms with Crippen molar-refractivity contribution in [1.82, 2.24) is 5.32 Å². The molecular weight excluding hydrogens is 262 g/mol. The number of amides is 1. The number of hydrogen-bond donors (Lipinski definition) is 1. The van der Waals surface area contributed by atoms with E-state index in [1.807, 2.05) is 24.3 Å². The lowest BCUT2D eigenvalue weighted by molar-refractivity contribution is -0.120. The van der Waals surface area contributed by atoms with E-state index in [1.54, 1.807) is 0 Å². The summed E-state index contributed by atoms with van der Waals surface area (Å²) < 4.78 is 23.7. The van der Waals surface area contributed by atoms with Gasteiger partial charge in [0.25, 0.3) is 0 Å². The Morgan fingerprint density at radius 3 is 2.26 bits per heavy atom. The second kappa shape index (κ2) is 6.70. The summed E-state index contributed by atoms with van der Waals surface area (Å²) in [6.45, 7) is 4.18. The van der Waals surface area contributed by atoms with Crippen LogP contribution in [0.1, 0.15) is 37.3 Å². The highest BCUT2D eigenvalue weighted by molar-refractivity contribution is 7.90. The monoisotopic (exact) mass is 283 g/mol. The van der Waals surface area contributed by atoms with Gasteiger partial charge in [-0.15, -0.1) is 0 Å². The van der Waals surface area contributed by atoms with Crippen molar-refractivity contribution in [3.05, 3.63) is 35.4 Å². The summed E-state index contributed by atoms with van der Waals surface area (Å²) in [4.78, 5) is 11.1. The van der Waals surface area contributed by atoms with Gasteiger partial charge < -0.3 is 5.32 Å². The Hall–Kier alpha value is -1.36. The van der Waals surface area contributed by atoms with Crippen LogP contribution in [0.4, 0.5) is 0 Å². The molecule has 1 aromatic carbocycles. The molecule has 0 spiro atoms. The van der Waals surface area contributed by atoms with Crippen LogP contribution in [0.5, 0.6) is 0 Å². The lowest BCUT2D eigenvalue weighted by Gasteiger charge is -2.07. The van der Waals surface area contributed by atoms with Crippen LogP contribution >= 0.6 is 0 Å². The van der Waals surface area contributed by atoms with Crippen molar-refractivity contribution < 1.29 is 13.2 Å². The standard InChI is InChI=1S/C14H21NO3S/c1-11(2)13-6-4-12(5-7-13)10-19(17,18)9-8-14(16)15-3/h4-7,11H,8-10H2,1-3H3,(H,15,16). The highest BCUT2D eigenvalue weighted by Gasteiger charge is 2.14.